The minimum Gasteiger partial charge on any atom is -0.493 e. The van der Waals surface area contributed by atoms with Crippen LogP contribution in [0.15, 0.2) is 36.4 Å². The van der Waals surface area contributed by atoms with Crippen molar-refractivity contribution in [3.63, 3.8) is 0 Å². The van der Waals surface area contributed by atoms with Crippen LogP contribution < -0.4 is 14.8 Å². The molecule has 0 radical (unpaired) electrons. The van der Waals surface area contributed by atoms with E-state index in [0.717, 1.165) is 30.9 Å². The Morgan fingerprint density at radius 1 is 1.07 bits per heavy atom. The first-order chi connectivity index (χ1) is 13.6. The van der Waals surface area contributed by atoms with Gasteiger partial charge < -0.3 is 14.8 Å². The van der Waals surface area contributed by atoms with Crippen molar-refractivity contribution in [2.24, 2.45) is 0 Å². The average Bonchev–Trinajstić information content (AvgIpc) is 3.16. The fourth-order valence-corrected chi connectivity index (χ4v) is 3.98. The Morgan fingerprint density at radius 2 is 1.89 bits per heavy atom. The molecule has 0 unspecified atom stereocenters. The minimum atomic E-state index is 0.402. The molecule has 1 fully saturated rings. The smallest absolute Gasteiger partial charge is 0.161 e. The van der Waals surface area contributed by atoms with Crippen molar-refractivity contribution >= 4 is 23.2 Å². The van der Waals surface area contributed by atoms with Crippen LogP contribution in [0.1, 0.15) is 30.9 Å². The van der Waals surface area contributed by atoms with Crippen LogP contribution in [0.5, 0.6) is 11.5 Å². The first-order valence-electron chi connectivity index (χ1n) is 9.79. The largest absolute Gasteiger partial charge is 0.493 e. The van der Waals surface area contributed by atoms with Gasteiger partial charge in [0, 0.05) is 19.1 Å². The van der Waals surface area contributed by atoms with Crippen molar-refractivity contribution in [2.45, 2.75) is 39.0 Å². The van der Waals surface area contributed by atoms with Crippen molar-refractivity contribution in [2.75, 3.05) is 26.7 Å². The number of benzene rings is 2. The van der Waals surface area contributed by atoms with E-state index in [2.05, 4.69) is 23.2 Å². The molecule has 1 atom stereocenters. The van der Waals surface area contributed by atoms with E-state index in [0.29, 0.717) is 28.4 Å². The number of nitrogens with one attached hydrogen (secondary N) is 1. The molecule has 0 aliphatic carbocycles. The van der Waals surface area contributed by atoms with Gasteiger partial charge >= 0.3 is 0 Å². The summed E-state index contributed by atoms with van der Waals surface area (Å²) in [6.45, 7) is 6.83. The van der Waals surface area contributed by atoms with Gasteiger partial charge in [-0.1, -0.05) is 42.3 Å². The van der Waals surface area contributed by atoms with Gasteiger partial charge in [0.1, 0.15) is 6.61 Å². The maximum absolute atomic E-state index is 6.07. The third-order valence-corrected chi connectivity index (χ3v) is 5.96. The molecular formula is C22H28Cl2N2O2. The quantitative estimate of drug-likeness (QED) is 0.605. The van der Waals surface area contributed by atoms with Crippen LogP contribution in [0.2, 0.25) is 10.0 Å². The van der Waals surface area contributed by atoms with Crippen LogP contribution in [-0.2, 0) is 13.2 Å². The molecule has 1 N–H and O–H groups in total. The molecule has 2 aromatic rings. The van der Waals surface area contributed by atoms with Crippen molar-refractivity contribution in [3.8, 4) is 11.5 Å². The summed E-state index contributed by atoms with van der Waals surface area (Å²) in [6, 6.07) is 12.2. The van der Waals surface area contributed by atoms with E-state index in [1.54, 1.807) is 13.2 Å². The van der Waals surface area contributed by atoms with Gasteiger partial charge in [0.15, 0.2) is 11.5 Å². The molecular weight excluding hydrogens is 395 g/mol. The fraction of sp³-hybridized carbons (Fsp3) is 0.455. The Balaban J connectivity index is 1.55. The van der Waals surface area contributed by atoms with E-state index in [1.165, 1.54) is 24.9 Å². The zero-order valence-corrected chi connectivity index (χ0v) is 18.0. The van der Waals surface area contributed by atoms with E-state index >= 15 is 0 Å². The lowest BCUT2D eigenvalue weighted by atomic mass is 10.1. The van der Waals surface area contributed by atoms with Gasteiger partial charge in [0.25, 0.3) is 0 Å². The van der Waals surface area contributed by atoms with Gasteiger partial charge in [-0.15, -0.1) is 0 Å². The number of hydrogen-bond donors (Lipinski definition) is 1. The average molecular weight is 423 g/mol. The molecule has 2 aromatic carbocycles. The monoisotopic (exact) mass is 422 g/mol. The Bertz CT molecular complexity index is 785. The standard InChI is InChI=1S/C22H28Cl2N2O2/c1-3-26-10-4-5-18(26)14-25-13-16-7-9-21(22(12-16)27-2)28-15-17-6-8-19(23)20(24)11-17/h6-9,11-12,18,25H,3-5,10,13-15H2,1-2H3/t18-/m1/s1. The van der Waals surface area contributed by atoms with Crippen molar-refractivity contribution in [1.82, 2.24) is 10.2 Å². The molecule has 1 aliphatic rings. The summed E-state index contributed by atoms with van der Waals surface area (Å²) in [5.74, 6) is 1.45. The number of methoxy groups -OCH3 is 1. The molecule has 0 aromatic heterocycles. The van der Waals surface area contributed by atoms with Crippen molar-refractivity contribution in [3.05, 3.63) is 57.6 Å². The number of ether oxygens (including phenoxy) is 2. The van der Waals surface area contributed by atoms with Gasteiger partial charge in [0.2, 0.25) is 0 Å². The number of halogens is 2. The van der Waals surface area contributed by atoms with E-state index in [1.807, 2.05) is 24.3 Å². The normalized spacial score (nSPS) is 17.1. The summed E-state index contributed by atoms with van der Waals surface area (Å²) in [7, 11) is 1.66. The zero-order valence-electron chi connectivity index (χ0n) is 16.5. The molecule has 152 valence electrons. The van der Waals surface area contributed by atoms with Gasteiger partial charge in [-0.25, -0.2) is 0 Å². The van der Waals surface area contributed by atoms with E-state index in [4.69, 9.17) is 32.7 Å². The second kappa shape index (κ2) is 10.4. The first kappa shape index (κ1) is 21.3. The second-order valence-corrected chi connectivity index (χ2v) is 7.89. The predicted octanol–water partition coefficient (Wildman–Crippen LogP) is 5.15. The third-order valence-electron chi connectivity index (χ3n) is 5.22. The summed E-state index contributed by atoms with van der Waals surface area (Å²) >= 11 is 12.0. The fourth-order valence-electron chi connectivity index (χ4n) is 3.66. The van der Waals surface area contributed by atoms with E-state index < -0.39 is 0 Å². The Morgan fingerprint density at radius 3 is 2.64 bits per heavy atom. The van der Waals surface area contributed by atoms with Crippen LogP contribution in [0.4, 0.5) is 0 Å². The highest BCUT2D eigenvalue weighted by Crippen LogP contribution is 2.30. The molecule has 1 aliphatic heterocycles. The molecule has 0 amide bonds. The van der Waals surface area contributed by atoms with Crippen molar-refractivity contribution < 1.29 is 9.47 Å². The molecule has 1 heterocycles. The van der Waals surface area contributed by atoms with Crippen molar-refractivity contribution in [1.29, 1.82) is 0 Å². The van der Waals surface area contributed by atoms with Crippen LogP contribution >= 0.6 is 23.2 Å². The summed E-state index contributed by atoms with van der Waals surface area (Å²) in [5, 5.41) is 4.65. The van der Waals surface area contributed by atoms with Crippen LogP contribution in [0.3, 0.4) is 0 Å². The number of hydrogen-bond acceptors (Lipinski definition) is 4. The maximum atomic E-state index is 6.07. The van der Waals surface area contributed by atoms with Gasteiger partial charge in [0.05, 0.1) is 17.2 Å². The lowest BCUT2D eigenvalue weighted by Crippen LogP contribution is -2.37. The number of likely N-dealkylation sites (tertiary alicyclic amines) is 1. The van der Waals surface area contributed by atoms with Crippen LogP contribution in [0.25, 0.3) is 0 Å². The summed E-state index contributed by atoms with van der Waals surface area (Å²) in [4.78, 5) is 2.55. The highest BCUT2D eigenvalue weighted by atomic mass is 35.5. The second-order valence-electron chi connectivity index (χ2n) is 7.08. The zero-order chi connectivity index (χ0) is 19.9. The maximum Gasteiger partial charge on any atom is 0.161 e. The lowest BCUT2D eigenvalue weighted by molar-refractivity contribution is 0.260. The first-order valence-corrected chi connectivity index (χ1v) is 10.5. The number of likely N-dealkylation sites (N-methyl/N-ethyl adjacent to an activating group) is 1. The van der Waals surface area contributed by atoms with E-state index in [9.17, 15) is 0 Å². The molecule has 0 bridgehead atoms. The minimum absolute atomic E-state index is 0.402. The molecule has 0 spiro atoms. The molecule has 4 nitrogen and oxygen atoms in total. The summed E-state index contributed by atoms with van der Waals surface area (Å²) < 4.78 is 11.4. The number of nitrogens with zero attached hydrogens (tertiary/aromatic N) is 1. The van der Waals surface area contributed by atoms with E-state index in [-0.39, 0.29) is 0 Å². The van der Waals surface area contributed by atoms with Gasteiger partial charge in [-0.05, 0) is 61.3 Å². The summed E-state index contributed by atoms with van der Waals surface area (Å²) in [5.41, 5.74) is 2.14. The highest BCUT2D eigenvalue weighted by molar-refractivity contribution is 6.42. The molecule has 0 saturated carbocycles. The van der Waals surface area contributed by atoms with Gasteiger partial charge in [-0.3, -0.25) is 4.90 Å². The predicted molar refractivity (Wildman–Crippen MR) is 116 cm³/mol. The summed E-state index contributed by atoms with van der Waals surface area (Å²) in [6.07, 6.45) is 2.59. The van der Waals surface area contributed by atoms with Gasteiger partial charge in [-0.2, -0.15) is 0 Å². The van der Waals surface area contributed by atoms with Crippen LogP contribution in [-0.4, -0.2) is 37.7 Å². The molecule has 28 heavy (non-hydrogen) atoms. The number of rotatable bonds is 9. The molecule has 6 heteroatoms. The highest BCUT2D eigenvalue weighted by Gasteiger charge is 2.22. The SMILES string of the molecule is CCN1CCC[C@@H]1CNCc1ccc(OCc2ccc(Cl)c(Cl)c2)c(OC)c1. The topological polar surface area (TPSA) is 33.7 Å². The Kier molecular flexibility index (Phi) is 7.86. The Labute approximate surface area is 177 Å². The van der Waals surface area contributed by atoms with Crippen LogP contribution in [0, 0.1) is 0 Å². The third kappa shape index (κ3) is 5.54. The molecule has 1 saturated heterocycles. The Hall–Kier alpha value is -1.46. The lowest BCUT2D eigenvalue weighted by Gasteiger charge is -2.23. The molecule has 3 rings (SSSR count).